The summed E-state index contributed by atoms with van der Waals surface area (Å²) < 4.78 is 2.08. The van der Waals surface area contributed by atoms with E-state index in [4.69, 9.17) is 0 Å². The lowest BCUT2D eigenvalue weighted by atomic mass is 9.92. The van der Waals surface area contributed by atoms with Crippen molar-refractivity contribution in [2.24, 2.45) is 0 Å². The van der Waals surface area contributed by atoms with Gasteiger partial charge in [0.05, 0.1) is 18.8 Å². The van der Waals surface area contributed by atoms with Gasteiger partial charge >= 0.3 is 0 Å². The highest BCUT2D eigenvalue weighted by atomic mass is 16.1. The van der Waals surface area contributed by atoms with E-state index in [0.29, 0.717) is 5.56 Å². The molecule has 1 aliphatic carbocycles. The molecule has 3 aromatic rings. The highest BCUT2D eigenvalue weighted by Crippen LogP contribution is 2.30. The van der Waals surface area contributed by atoms with Gasteiger partial charge in [-0.1, -0.05) is 48.0 Å². The lowest BCUT2D eigenvalue weighted by molar-refractivity contribution is 0.0932. The Morgan fingerprint density at radius 3 is 2.85 bits per heavy atom. The van der Waals surface area contributed by atoms with Crippen molar-refractivity contribution in [3.8, 4) is 0 Å². The Morgan fingerprint density at radius 1 is 1.19 bits per heavy atom. The summed E-state index contributed by atoms with van der Waals surface area (Å²) in [6.07, 6.45) is 4.96. The Kier molecular flexibility index (Phi) is 4.57. The molecule has 0 saturated heterocycles. The summed E-state index contributed by atoms with van der Waals surface area (Å²) in [6.45, 7) is 2.78. The number of carbonyl (C=O) groups excluding carboxylic acids is 1. The van der Waals surface area contributed by atoms with Gasteiger partial charge in [0.25, 0.3) is 5.91 Å². The molecule has 0 radical (unpaired) electrons. The highest BCUT2D eigenvalue weighted by molar-refractivity contribution is 5.94. The normalized spacial score (nSPS) is 16.1. The van der Waals surface area contributed by atoms with Crippen LogP contribution in [0.1, 0.15) is 51.6 Å². The van der Waals surface area contributed by atoms with Crippen molar-refractivity contribution >= 4 is 5.91 Å². The molecule has 132 valence electrons. The monoisotopic (exact) mass is 345 g/mol. The number of nitrogens with zero attached hydrogens (tertiary/aromatic N) is 2. The molecule has 2 aromatic carbocycles. The minimum atomic E-state index is -0.0117. The predicted octanol–water partition coefficient (Wildman–Crippen LogP) is 4.05. The molecule has 0 fully saturated rings. The van der Waals surface area contributed by atoms with Crippen LogP contribution in [0.3, 0.4) is 0 Å². The average molecular weight is 345 g/mol. The van der Waals surface area contributed by atoms with Crippen molar-refractivity contribution in [2.75, 3.05) is 0 Å². The van der Waals surface area contributed by atoms with Gasteiger partial charge in [-0.15, -0.1) is 0 Å². The quantitative estimate of drug-likeness (QED) is 0.775. The number of amides is 1. The lowest BCUT2D eigenvalue weighted by Crippen LogP contribution is -2.31. The number of hydrogen-bond acceptors (Lipinski definition) is 2. The number of nitrogens with one attached hydrogen (secondary N) is 1. The Morgan fingerprint density at radius 2 is 2.04 bits per heavy atom. The molecule has 1 atom stereocenters. The molecule has 1 aliphatic rings. The minimum absolute atomic E-state index is 0.0117. The van der Waals surface area contributed by atoms with Crippen molar-refractivity contribution in [1.82, 2.24) is 15.1 Å². The van der Waals surface area contributed by atoms with Crippen molar-refractivity contribution < 1.29 is 4.79 Å². The number of aryl methyl sites for hydroxylation is 1. The van der Waals surface area contributed by atoms with Gasteiger partial charge in [0.1, 0.15) is 0 Å². The van der Waals surface area contributed by atoms with Crippen LogP contribution in [-0.4, -0.2) is 15.7 Å². The lowest BCUT2D eigenvalue weighted by Gasteiger charge is -2.24. The number of fused-ring (bicyclic) bond motifs is 1. The van der Waals surface area contributed by atoms with Gasteiger partial charge in [0, 0.05) is 16.8 Å². The minimum Gasteiger partial charge on any atom is -0.345 e. The average Bonchev–Trinajstić information content (AvgIpc) is 3.06. The zero-order chi connectivity index (χ0) is 17.9. The first kappa shape index (κ1) is 16.6. The molecule has 4 heteroatoms. The van der Waals surface area contributed by atoms with Crippen LogP contribution in [-0.2, 0) is 13.0 Å². The largest absolute Gasteiger partial charge is 0.345 e. The molecule has 0 spiro atoms. The van der Waals surface area contributed by atoms with E-state index in [1.165, 1.54) is 11.3 Å². The molecule has 0 saturated carbocycles. The van der Waals surface area contributed by atoms with Crippen molar-refractivity contribution in [3.05, 3.63) is 88.7 Å². The van der Waals surface area contributed by atoms with Crippen LogP contribution in [0.2, 0.25) is 0 Å². The van der Waals surface area contributed by atoms with Crippen LogP contribution in [0.4, 0.5) is 0 Å². The number of aromatic nitrogens is 2. The van der Waals surface area contributed by atoms with E-state index in [1.54, 1.807) is 0 Å². The number of hydrogen-bond donors (Lipinski definition) is 1. The van der Waals surface area contributed by atoms with Crippen LogP contribution in [0.15, 0.2) is 60.8 Å². The maximum atomic E-state index is 12.6. The summed E-state index contributed by atoms with van der Waals surface area (Å²) in [4.78, 5) is 12.6. The molecular formula is C22H23N3O. The fourth-order valence-electron chi connectivity index (χ4n) is 3.69. The molecule has 1 N–H and O–H groups in total. The zero-order valence-corrected chi connectivity index (χ0v) is 15.0. The van der Waals surface area contributed by atoms with Gasteiger partial charge < -0.3 is 5.32 Å². The molecular weight excluding hydrogens is 322 g/mol. The fraction of sp³-hybridized carbons (Fsp3) is 0.273. The Balaban J connectivity index is 1.53. The van der Waals surface area contributed by atoms with Crippen molar-refractivity contribution in [3.63, 3.8) is 0 Å². The van der Waals surface area contributed by atoms with E-state index in [-0.39, 0.29) is 11.9 Å². The molecule has 4 nitrogen and oxygen atoms in total. The van der Waals surface area contributed by atoms with Gasteiger partial charge in [-0.25, -0.2) is 0 Å². The fourth-order valence-corrected chi connectivity index (χ4v) is 3.69. The second kappa shape index (κ2) is 7.16. The first-order valence-electron chi connectivity index (χ1n) is 9.17. The van der Waals surface area contributed by atoms with Crippen LogP contribution < -0.4 is 5.32 Å². The third kappa shape index (κ3) is 3.40. The molecule has 4 rings (SSSR count). The van der Waals surface area contributed by atoms with Crippen molar-refractivity contribution in [1.29, 1.82) is 0 Å². The molecule has 0 aliphatic heterocycles. The Hall–Kier alpha value is -2.88. The van der Waals surface area contributed by atoms with E-state index in [2.05, 4.69) is 39.4 Å². The summed E-state index contributed by atoms with van der Waals surface area (Å²) in [5.74, 6) is -0.0117. The molecule has 0 bridgehead atoms. The highest BCUT2D eigenvalue weighted by Gasteiger charge is 2.26. The summed E-state index contributed by atoms with van der Waals surface area (Å²) in [5.41, 5.74) is 5.46. The summed E-state index contributed by atoms with van der Waals surface area (Å²) >= 11 is 0. The number of carbonyl (C=O) groups is 1. The first-order chi connectivity index (χ1) is 12.7. The number of rotatable bonds is 4. The van der Waals surface area contributed by atoms with E-state index < -0.39 is 0 Å². The first-order valence-corrected chi connectivity index (χ1v) is 9.17. The number of benzene rings is 2. The smallest absolute Gasteiger partial charge is 0.251 e. The maximum Gasteiger partial charge on any atom is 0.251 e. The van der Waals surface area contributed by atoms with Crippen LogP contribution in [0.5, 0.6) is 0 Å². The summed E-state index contributed by atoms with van der Waals surface area (Å²) in [7, 11) is 0. The Labute approximate surface area is 153 Å². The second-order valence-electron chi connectivity index (χ2n) is 6.98. The Bertz CT molecular complexity index is 914. The zero-order valence-electron chi connectivity index (χ0n) is 15.0. The standard InChI is InChI=1S/C22H23N3O/c1-16-7-5-10-18(13-16)22(26)24-20-11-6-12-21-19(20)14-23-25(21)15-17-8-3-2-4-9-17/h2-5,7-10,13-14,20H,6,11-12,15H2,1H3,(H,24,26)/t20-/m1/s1. The third-order valence-electron chi connectivity index (χ3n) is 5.02. The van der Waals surface area contributed by atoms with Gasteiger partial charge in [0.2, 0.25) is 0 Å². The SMILES string of the molecule is Cc1cccc(C(=O)N[C@@H]2CCCc3c2cnn3Cc2ccccc2)c1. The third-order valence-corrected chi connectivity index (χ3v) is 5.02. The van der Waals surface area contributed by atoms with Gasteiger partial charge in [-0.05, 0) is 43.9 Å². The molecule has 1 aromatic heterocycles. The summed E-state index contributed by atoms with van der Waals surface area (Å²) in [6, 6.07) is 18.1. The van der Waals surface area contributed by atoms with E-state index in [1.807, 2.05) is 43.5 Å². The van der Waals surface area contributed by atoms with Gasteiger partial charge in [-0.2, -0.15) is 5.10 Å². The predicted molar refractivity (Wildman–Crippen MR) is 102 cm³/mol. The van der Waals surface area contributed by atoms with Gasteiger partial charge in [0.15, 0.2) is 0 Å². The molecule has 0 unspecified atom stereocenters. The van der Waals surface area contributed by atoms with Crippen LogP contribution in [0, 0.1) is 6.92 Å². The van der Waals surface area contributed by atoms with Crippen LogP contribution in [0.25, 0.3) is 0 Å². The second-order valence-corrected chi connectivity index (χ2v) is 6.98. The van der Waals surface area contributed by atoms with Crippen molar-refractivity contribution in [2.45, 2.75) is 38.8 Å². The maximum absolute atomic E-state index is 12.6. The molecule has 26 heavy (non-hydrogen) atoms. The van der Waals surface area contributed by atoms with E-state index in [0.717, 1.165) is 36.9 Å². The summed E-state index contributed by atoms with van der Waals surface area (Å²) in [5, 5.41) is 7.81. The molecule has 1 heterocycles. The molecule has 1 amide bonds. The van der Waals surface area contributed by atoms with Crippen LogP contribution >= 0.6 is 0 Å². The van der Waals surface area contributed by atoms with Gasteiger partial charge in [-0.3, -0.25) is 9.48 Å². The van der Waals surface area contributed by atoms with E-state index >= 15 is 0 Å². The van der Waals surface area contributed by atoms with E-state index in [9.17, 15) is 4.79 Å². The topological polar surface area (TPSA) is 46.9 Å².